The number of aliphatic hydroxyl groups excluding tert-OH is 2. The Morgan fingerprint density at radius 1 is 0.516 bits per heavy atom. The third kappa shape index (κ3) is 45.8. The van der Waals surface area contributed by atoms with Crippen molar-refractivity contribution in [2.24, 2.45) is 0 Å². The van der Waals surface area contributed by atoms with E-state index in [1.165, 1.54) is 57.8 Å². The van der Waals surface area contributed by atoms with Gasteiger partial charge in [0.05, 0.1) is 25.9 Å². The number of phosphoric ester groups is 2. The largest absolute Gasteiger partial charge is 0.472 e. The van der Waals surface area contributed by atoms with Gasteiger partial charge in [-0.3, -0.25) is 23.2 Å². The zero-order valence-corrected chi connectivity index (χ0v) is 40.5. The summed E-state index contributed by atoms with van der Waals surface area (Å²) in [5, 5.41) is 20.1. The minimum Gasteiger partial charge on any atom is -0.462 e. The molecule has 0 aliphatic heterocycles. The minimum absolute atomic E-state index is 0.104. The fraction of sp³-hybridized carbons (Fsp3) is 0.667. The molecule has 14 nitrogen and oxygen atoms in total. The maximum atomic E-state index is 12.7. The number of hydrogen-bond acceptors (Lipinski definition) is 11. The minimum atomic E-state index is -4.89. The average molecular weight is 945 g/mol. The van der Waals surface area contributed by atoms with E-state index in [1.54, 1.807) is 12.2 Å². The number of carbonyl (C=O) groups is 2. The van der Waals surface area contributed by atoms with E-state index in [-0.39, 0.29) is 25.7 Å². The van der Waals surface area contributed by atoms with E-state index in [0.717, 1.165) is 57.8 Å². The summed E-state index contributed by atoms with van der Waals surface area (Å²) in [5.74, 6) is -1.27. The smallest absolute Gasteiger partial charge is 0.462 e. The van der Waals surface area contributed by atoms with Crippen LogP contribution in [0.4, 0.5) is 0 Å². The van der Waals surface area contributed by atoms with E-state index >= 15 is 0 Å². The van der Waals surface area contributed by atoms with Crippen LogP contribution in [0, 0.1) is 0 Å². The molecule has 0 aromatic heterocycles. The summed E-state index contributed by atoms with van der Waals surface area (Å²) in [6.07, 6.45) is 46.0. The first kappa shape index (κ1) is 61.3. The second-order valence-corrected chi connectivity index (χ2v) is 18.2. The second-order valence-electron chi connectivity index (χ2n) is 15.5. The number of phosphoric acid groups is 2. The molecule has 64 heavy (non-hydrogen) atoms. The lowest BCUT2D eigenvalue weighted by Crippen LogP contribution is -2.30. The first-order valence-electron chi connectivity index (χ1n) is 23.4. The summed E-state index contributed by atoms with van der Waals surface area (Å²) < 4.78 is 47.7. The van der Waals surface area contributed by atoms with E-state index in [4.69, 9.17) is 23.8 Å². The van der Waals surface area contributed by atoms with Crippen molar-refractivity contribution >= 4 is 27.6 Å². The van der Waals surface area contributed by atoms with Gasteiger partial charge in [-0.05, 0) is 83.5 Å². The first-order valence-corrected chi connectivity index (χ1v) is 26.4. The quantitative estimate of drug-likeness (QED) is 0.0126. The van der Waals surface area contributed by atoms with Crippen LogP contribution in [0.1, 0.15) is 162 Å². The van der Waals surface area contributed by atoms with Crippen molar-refractivity contribution in [2.45, 2.75) is 180 Å². The Morgan fingerprint density at radius 2 is 0.984 bits per heavy atom. The third-order valence-corrected chi connectivity index (χ3v) is 10.8. The topological polar surface area (TPSA) is 216 Å². The highest BCUT2D eigenvalue weighted by Crippen LogP contribution is 2.43. The third-order valence-electron chi connectivity index (χ3n) is 9.35. The van der Waals surface area contributed by atoms with Gasteiger partial charge in [0.15, 0.2) is 6.10 Å². The maximum absolute atomic E-state index is 12.7. The Hall–Kier alpha value is -2.74. The number of ether oxygens (including phenoxy) is 2. The van der Waals surface area contributed by atoms with Crippen molar-refractivity contribution in [3.63, 3.8) is 0 Å². The predicted molar refractivity (Wildman–Crippen MR) is 254 cm³/mol. The zero-order chi connectivity index (χ0) is 47.4. The van der Waals surface area contributed by atoms with E-state index in [0.29, 0.717) is 6.42 Å². The lowest BCUT2D eigenvalue weighted by Gasteiger charge is -2.20. The molecule has 16 heteroatoms. The van der Waals surface area contributed by atoms with Gasteiger partial charge in [0.25, 0.3) is 0 Å². The zero-order valence-electron chi connectivity index (χ0n) is 38.7. The van der Waals surface area contributed by atoms with Gasteiger partial charge in [0.1, 0.15) is 12.7 Å². The molecule has 0 saturated carbocycles. The number of allylic oxidation sites excluding steroid dienone is 13. The van der Waals surface area contributed by atoms with Gasteiger partial charge in [0, 0.05) is 12.8 Å². The van der Waals surface area contributed by atoms with E-state index < -0.39 is 72.3 Å². The van der Waals surface area contributed by atoms with Gasteiger partial charge in [-0.2, -0.15) is 0 Å². The first-order chi connectivity index (χ1) is 30.8. The number of hydrogen-bond donors (Lipinski definition) is 5. The molecule has 368 valence electrons. The Kier molecular flexibility index (Phi) is 41.0. The predicted octanol–water partition coefficient (Wildman–Crippen LogP) is 11.3. The molecule has 0 bridgehead atoms. The molecule has 5 N–H and O–H groups in total. The second kappa shape index (κ2) is 42.9. The Bertz CT molecular complexity index is 1470. The number of esters is 2. The van der Waals surface area contributed by atoms with Crippen LogP contribution in [-0.2, 0) is 41.8 Å². The molecule has 0 amide bonds. The van der Waals surface area contributed by atoms with Crippen LogP contribution in [0.5, 0.6) is 0 Å². The average Bonchev–Trinajstić information content (AvgIpc) is 3.25. The van der Waals surface area contributed by atoms with Crippen LogP contribution in [0.2, 0.25) is 0 Å². The van der Waals surface area contributed by atoms with E-state index in [9.17, 15) is 33.8 Å². The fourth-order valence-corrected chi connectivity index (χ4v) is 6.91. The highest BCUT2D eigenvalue weighted by atomic mass is 31.2. The Balaban J connectivity index is 4.73. The SMILES string of the molecule is CCCCC/C=C\C/C=C\C/C=C\C/C=C\CCCCCC(=O)OC[C@H](COP(=O)(O)OC[C@@H](O)COP(=O)(O)O)OC(=O)CCCC(O)/C=C/C=C/C/C=C/CCCCCCCC. The highest BCUT2D eigenvalue weighted by Gasteiger charge is 2.28. The van der Waals surface area contributed by atoms with Gasteiger partial charge < -0.3 is 34.4 Å². The van der Waals surface area contributed by atoms with Gasteiger partial charge >= 0.3 is 27.6 Å². The van der Waals surface area contributed by atoms with E-state index in [1.807, 2.05) is 12.2 Å². The summed E-state index contributed by atoms with van der Waals surface area (Å²) >= 11 is 0. The summed E-state index contributed by atoms with van der Waals surface area (Å²) in [4.78, 5) is 52.8. The molecular formula is C48H82O14P2. The van der Waals surface area contributed by atoms with Gasteiger partial charge in [0.2, 0.25) is 0 Å². The number of unbranched alkanes of at least 4 members (excludes halogenated alkanes) is 12. The molecule has 0 aliphatic rings. The van der Waals surface area contributed by atoms with Gasteiger partial charge in [-0.25, -0.2) is 9.13 Å². The summed E-state index contributed by atoms with van der Waals surface area (Å²) in [6.45, 7) is 1.47. The highest BCUT2D eigenvalue weighted by molar-refractivity contribution is 7.47. The molecule has 0 aromatic carbocycles. The van der Waals surface area contributed by atoms with Crippen LogP contribution < -0.4 is 0 Å². The molecule has 4 atom stereocenters. The molecule has 0 aromatic rings. The monoisotopic (exact) mass is 945 g/mol. The van der Waals surface area contributed by atoms with Crippen molar-refractivity contribution in [2.75, 3.05) is 26.4 Å². The molecule has 0 radical (unpaired) electrons. The number of rotatable bonds is 43. The molecular weight excluding hydrogens is 862 g/mol. The molecule has 0 heterocycles. The fourth-order valence-electron chi connectivity index (χ4n) is 5.75. The molecule has 0 fully saturated rings. The standard InChI is InChI=1S/C48H82O14P2/c1-3-5-7-9-11-13-15-17-18-19-20-21-22-24-26-28-30-32-34-38-47(51)58-42-46(43-61-64(56,57)60-41-45(50)40-59-63(53,54)55)62-48(52)39-35-37-44(49)36-33-31-29-27-25-23-16-14-12-10-8-6-4-2/h11,13,17-18,20-21,23-26,29,31,33,36,44-46,49-50H,3-10,12,14-16,19,22,27-28,30,32,34-35,37-43H2,1-2H3,(H,56,57)(H2,53,54,55)/b13-11-,18-17-,21-20-,25-23+,26-24-,31-29+,36-33+/t44?,45-,46+/m0/s1. The maximum Gasteiger partial charge on any atom is 0.472 e. The van der Waals surface area contributed by atoms with Crippen molar-refractivity contribution in [1.29, 1.82) is 0 Å². The van der Waals surface area contributed by atoms with Crippen LogP contribution in [-0.4, -0.2) is 81.6 Å². The van der Waals surface area contributed by atoms with Crippen molar-refractivity contribution < 1.29 is 66.7 Å². The van der Waals surface area contributed by atoms with Gasteiger partial charge in [-0.15, -0.1) is 0 Å². The van der Waals surface area contributed by atoms with Crippen molar-refractivity contribution in [3.05, 3.63) is 85.1 Å². The van der Waals surface area contributed by atoms with Crippen LogP contribution in [0.25, 0.3) is 0 Å². The molecule has 2 unspecified atom stereocenters. The molecule has 0 saturated heterocycles. The lowest BCUT2D eigenvalue weighted by atomic mass is 10.1. The van der Waals surface area contributed by atoms with Crippen LogP contribution in [0.15, 0.2) is 85.1 Å². The van der Waals surface area contributed by atoms with Crippen molar-refractivity contribution in [3.8, 4) is 0 Å². The van der Waals surface area contributed by atoms with Crippen LogP contribution >= 0.6 is 15.6 Å². The molecule has 0 rings (SSSR count). The van der Waals surface area contributed by atoms with Crippen LogP contribution in [0.3, 0.4) is 0 Å². The summed E-state index contributed by atoms with van der Waals surface area (Å²) in [7, 11) is -9.77. The molecule has 0 spiro atoms. The Labute approximate surface area is 384 Å². The lowest BCUT2D eigenvalue weighted by molar-refractivity contribution is -0.161. The van der Waals surface area contributed by atoms with Gasteiger partial charge in [-0.1, -0.05) is 150 Å². The normalized spacial score (nSPS) is 15.2. The molecule has 0 aliphatic carbocycles. The van der Waals surface area contributed by atoms with Crippen molar-refractivity contribution in [1.82, 2.24) is 0 Å². The summed E-state index contributed by atoms with van der Waals surface area (Å²) in [5.41, 5.74) is 0. The summed E-state index contributed by atoms with van der Waals surface area (Å²) in [6, 6.07) is 0. The Morgan fingerprint density at radius 3 is 1.58 bits per heavy atom. The van der Waals surface area contributed by atoms with E-state index in [2.05, 4.69) is 83.7 Å². The number of carbonyl (C=O) groups excluding carboxylic acids is 2. The number of aliphatic hydroxyl groups is 2.